The molecule has 3 aromatic rings. The Balaban J connectivity index is 1.80. The molecule has 1 amide bonds. The van der Waals surface area contributed by atoms with Crippen LogP contribution in [-0.4, -0.2) is 10.9 Å². The van der Waals surface area contributed by atoms with Crippen LogP contribution >= 0.6 is 27.7 Å². The van der Waals surface area contributed by atoms with Crippen molar-refractivity contribution < 1.29 is 4.79 Å². The Labute approximate surface area is 158 Å². The highest BCUT2D eigenvalue weighted by atomic mass is 79.9. The third kappa shape index (κ3) is 4.47. The molecule has 0 aliphatic carbocycles. The molecule has 0 aliphatic heterocycles. The number of anilines is 1. The molecule has 25 heavy (non-hydrogen) atoms. The molecule has 4 nitrogen and oxygen atoms in total. The number of nitrogens with one attached hydrogen (secondary N) is 1. The molecule has 2 aromatic carbocycles. The lowest BCUT2D eigenvalue weighted by molar-refractivity contribution is 0.102. The fraction of sp³-hybridized carbons (Fsp3) is 0. The van der Waals surface area contributed by atoms with Gasteiger partial charge < -0.3 is 5.32 Å². The number of rotatable bonds is 4. The first-order valence-corrected chi connectivity index (χ1v) is 8.96. The number of carbonyl (C=O) groups is 1. The normalized spacial score (nSPS) is 10.1. The Morgan fingerprint density at radius 2 is 1.84 bits per heavy atom. The Bertz CT molecular complexity index is 934. The number of hydrogen-bond acceptors (Lipinski definition) is 4. The predicted molar refractivity (Wildman–Crippen MR) is 102 cm³/mol. The van der Waals surface area contributed by atoms with Crippen LogP contribution in [0.4, 0.5) is 5.69 Å². The molecule has 122 valence electrons. The molecule has 0 bridgehead atoms. The average molecular weight is 410 g/mol. The van der Waals surface area contributed by atoms with Gasteiger partial charge in [0.25, 0.3) is 5.91 Å². The molecule has 0 unspecified atom stereocenters. The quantitative estimate of drug-likeness (QED) is 0.649. The van der Waals surface area contributed by atoms with Crippen LogP contribution < -0.4 is 5.32 Å². The summed E-state index contributed by atoms with van der Waals surface area (Å²) in [7, 11) is 0. The van der Waals surface area contributed by atoms with Crippen molar-refractivity contribution in [2.75, 3.05) is 5.32 Å². The fourth-order valence-electron chi connectivity index (χ4n) is 2.11. The second-order valence-corrected chi connectivity index (χ2v) is 7.03. The highest BCUT2D eigenvalue weighted by molar-refractivity contribution is 9.10. The summed E-state index contributed by atoms with van der Waals surface area (Å²) < 4.78 is 0.906. The Morgan fingerprint density at radius 1 is 1.08 bits per heavy atom. The van der Waals surface area contributed by atoms with E-state index in [-0.39, 0.29) is 5.91 Å². The first-order valence-electron chi connectivity index (χ1n) is 7.35. The van der Waals surface area contributed by atoms with E-state index in [4.69, 9.17) is 5.26 Å². The van der Waals surface area contributed by atoms with Gasteiger partial charge in [-0.1, -0.05) is 23.9 Å². The molecule has 1 N–H and O–H groups in total. The van der Waals surface area contributed by atoms with Gasteiger partial charge in [0, 0.05) is 21.3 Å². The molecule has 0 atom stereocenters. The number of nitriles is 1. The maximum absolute atomic E-state index is 12.6. The van der Waals surface area contributed by atoms with E-state index < -0.39 is 0 Å². The topological polar surface area (TPSA) is 65.8 Å². The van der Waals surface area contributed by atoms with E-state index in [9.17, 15) is 4.79 Å². The van der Waals surface area contributed by atoms with Gasteiger partial charge in [-0.25, -0.2) is 4.98 Å². The van der Waals surface area contributed by atoms with Crippen molar-refractivity contribution in [1.82, 2.24) is 4.98 Å². The van der Waals surface area contributed by atoms with Gasteiger partial charge in [0.2, 0.25) is 0 Å². The lowest BCUT2D eigenvalue weighted by atomic mass is 10.2. The van der Waals surface area contributed by atoms with Crippen LogP contribution in [0.1, 0.15) is 15.9 Å². The second-order valence-electron chi connectivity index (χ2n) is 5.06. The van der Waals surface area contributed by atoms with E-state index >= 15 is 0 Å². The molecule has 0 radical (unpaired) electrons. The highest BCUT2D eigenvalue weighted by Gasteiger charge is 2.13. The summed E-state index contributed by atoms with van der Waals surface area (Å²) in [5, 5.41) is 12.5. The van der Waals surface area contributed by atoms with E-state index in [0.29, 0.717) is 16.8 Å². The summed E-state index contributed by atoms with van der Waals surface area (Å²) in [6.45, 7) is 0. The van der Waals surface area contributed by atoms with Gasteiger partial charge in [-0.3, -0.25) is 4.79 Å². The number of pyridine rings is 1. The summed E-state index contributed by atoms with van der Waals surface area (Å²) in [4.78, 5) is 17.8. The van der Waals surface area contributed by atoms with Crippen LogP contribution in [0.2, 0.25) is 0 Å². The smallest absolute Gasteiger partial charge is 0.256 e. The Morgan fingerprint density at radius 3 is 2.52 bits per heavy atom. The molecule has 3 rings (SSSR count). The zero-order valence-corrected chi connectivity index (χ0v) is 15.3. The van der Waals surface area contributed by atoms with Crippen molar-refractivity contribution in [3.8, 4) is 6.07 Å². The third-order valence-corrected chi connectivity index (χ3v) is 4.81. The first-order chi connectivity index (χ1) is 12.2. The lowest BCUT2D eigenvalue weighted by Gasteiger charge is -2.10. The number of benzene rings is 2. The van der Waals surface area contributed by atoms with Crippen molar-refractivity contribution in [2.24, 2.45) is 0 Å². The van der Waals surface area contributed by atoms with Crippen molar-refractivity contribution in [1.29, 1.82) is 5.26 Å². The number of amides is 1. The molecule has 1 aromatic heterocycles. The van der Waals surface area contributed by atoms with Gasteiger partial charge in [0.15, 0.2) is 0 Å². The van der Waals surface area contributed by atoms with E-state index in [0.717, 1.165) is 14.4 Å². The largest absolute Gasteiger partial charge is 0.322 e. The van der Waals surface area contributed by atoms with E-state index in [1.807, 2.05) is 30.3 Å². The van der Waals surface area contributed by atoms with E-state index in [1.54, 1.807) is 36.5 Å². The number of halogens is 1. The van der Waals surface area contributed by atoms with Gasteiger partial charge in [0.1, 0.15) is 5.03 Å². The van der Waals surface area contributed by atoms with Crippen LogP contribution in [-0.2, 0) is 0 Å². The zero-order chi connectivity index (χ0) is 17.6. The third-order valence-electron chi connectivity index (χ3n) is 3.32. The molecular weight excluding hydrogens is 398 g/mol. The summed E-state index contributed by atoms with van der Waals surface area (Å²) in [6, 6.07) is 20.0. The van der Waals surface area contributed by atoms with Gasteiger partial charge in [-0.15, -0.1) is 0 Å². The van der Waals surface area contributed by atoms with Crippen molar-refractivity contribution in [3.63, 3.8) is 0 Å². The van der Waals surface area contributed by atoms with Gasteiger partial charge in [0.05, 0.1) is 17.2 Å². The Hall–Kier alpha value is -2.62. The van der Waals surface area contributed by atoms with Gasteiger partial charge >= 0.3 is 0 Å². The molecule has 0 spiro atoms. The summed E-state index contributed by atoms with van der Waals surface area (Å²) in [5.74, 6) is -0.204. The molecule has 0 fully saturated rings. The van der Waals surface area contributed by atoms with Crippen LogP contribution in [0.15, 0.2) is 81.3 Å². The predicted octanol–water partition coefficient (Wildman–Crippen LogP) is 5.12. The monoisotopic (exact) mass is 409 g/mol. The molecule has 1 heterocycles. The maximum atomic E-state index is 12.6. The molecule has 0 saturated carbocycles. The molecule has 0 aliphatic rings. The second kappa shape index (κ2) is 7.97. The minimum Gasteiger partial charge on any atom is -0.322 e. The minimum atomic E-state index is -0.204. The minimum absolute atomic E-state index is 0.204. The highest BCUT2D eigenvalue weighted by Crippen LogP contribution is 2.30. The molecule has 6 heteroatoms. The number of aromatic nitrogens is 1. The van der Waals surface area contributed by atoms with Crippen LogP contribution in [0.3, 0.4) is 0 Å². The van der Waals surface area contributed by atoms with Crippen molar-refractivity contribution >= 4 is 39.3 Å². The zero-order valence-electron chi connectivity index (χ0n) is 12.9. The number of carbonyl (C=O) groups excluding carboxylic acids is 1. The van der Waals surface area contributed by atoms with Crippen LogP contribution in [0.25, 0.3) is 0 Å². The molecule has 0 saturated heterocycles. The summed E-state index contributed by atoms with van der Waals surface area (Å²) >= 11 is 4.79. The Kier molecular flexibility index (Phi) is 5.49. The van der Waals surface area contributed by atoms with Crippen molar-refractivity contribution in [2.45, 2.75) is 9.92 Å². The van der Waals surface area contributed by atoms with Crippen molar-refractivity contribution in [3.05, 3.63) is 82.5 Å². The fourth-order valence-corrected chi connectivity index (χ4v) is 3.22. The SMILES string of the molecule is N#Cc1ccc(NC(=O)c2ccccc2Sc2ccc(Br)cn2)cc1. The van der Waals surface area contributed by atoms with Crippen LogP contribution in [0.5, 0.6) is 0 Å². The van der Waals surface area contributed by atoms with Gasteiger partial charge in [-0.05, 0) is 64.5 Å². The van der Waals surface area contributed by atoms with E-state index in [1.165, 1.54) is 11.8 Å². The van der Waals surface area contributed by atoms with Gasteiger partial charge in [-0.2, -0.15) is 5.26 Å². The lowest BCUT2D eigenvalue weighted by Crippen LogP contribution is -2.12. The number of nitrogens with zero attached hydrogens (tertiary/aromatic N) is 2. The summed E-state index contributed by atoms with van der Waals surface area (Å²) in [5.41, 5.74) is 1.77. The molecular formula is C19H12BrN3OS. The average Bonchev–Trinajstić information content (AvgIpc) is 2.64. The van der Waals surface area contributed by atoms with Crippen LogP contribution in [0, 0.1) is 11.3 Å². The number of hydrogen-bond donors (Lipinski definition) is 1. The maximum Gasteiger partial charge on any atom is 0.256 e. The van der Waals surface area contributed by atoms with E-state index in [2.05, 4.69) is 32.3 Å². The standard InChI is InChI=1S/C19H12BrN3OS/c20-14-7-10-18(22-12-14)25-17-4-2-1-3-16(17)19(24)23-15-8-5-13(11-21)6-9-15/h1-10,12H,(H,23,24). The first kappa shape index (κ1) is 17.2. The summed E-state index contributed by atoms with van der Waals surface area (Å²) in [6.07, 6.45) is 1.72.